The molecule has 0 aliphatic heterocycles. The number of nitrogens with one attached hydrogen (secondary N) is 1. The number of carbonyl (C=O) groups is 1. The van der Waals surface area contributed by atoms with Crippen molar-refractivity contribution in [2.45, 2.75) is 49.7 Å². The molecule has 4 rings (SSSR count). The third-order valence-corrected chi connectivity index (χ3v) is 8.23. The van der Waals surface area contributed by atoms with E-state index in [1.165, 1.54) is 0 Å². The van der Waals surface area contributed by atoms with Crippen molar-refractivity contribution >= 4 is 38.6 Å². The number of benzene rings is 1. The van der Waals surface area contributed by atoms with Crippen LogP contribution in [0.15, 0.2) is 64.2 Å². The molecule has 3 aromatic rings. The first-order valence-electron chi connectivity index (χ1n) is 9.93. The summed E-state index contributed by atoms with van der Waals surface area (Å²) in [7, 11) is -3.44. The molecule has 1 fully saturated rings. The van der Waals surface area contributed by atoms with Gasteiger partial charge >= 0.3 is 0 Å². The minimum atomic E-state index is -3.44. The highest BCUT2D eigenvalue weighted by molar-refractivity contribution is 7.89. The van der Waals surface area contributed by atoms with Gasteiger partial charge in [0.1, 0.15) is 0 Å². The monoisotopic (exact) mass is 460 g/mol. The van der Waals surface area contributed by atoms with E-state index in [4.69, 9.17) is 0 Å². The second-order valence-electron chi connectivity index (χ2n) is 7.45. The molecule has 0 radical (unpaired) electrons. The van der Waals surface area contributed by atoms with Crippen molar-refractivity contribution in [3.8, 4) is 0 Å². The zero-order chi connectivity index (χ0) is 21.0. The molecule has 5 nitrogen and oxygen atoms in total. The van der Waals surface area contributed by atoms with Gasteiger partial charge in [0, 0.05) is 22.2 Å². The van der Waals surface area contributed by atoms with E-state index in [2.05, 4.69) is 4.72 Å². The van der Waals surface area contributed by atoms with E-state index in [1.807, 2.05) is 39.9 Å². The molecular formula is C22H24N2O3S3. The van der Waals surface area contributed by atoms with Crippen molar-refractivity contribution in [3.05, 3.63) is 74.6 Å². The standard InChI is InChI=1S/C22H24N2O3S3/c25-22(24(15-19-3-1-13-28-19)16-20-4-2-14-29-20)12-7-17-5-10-21(11-6-17)30(26,27)23-18-8-9-18/h1-6,10-11,13-14,18,23H,7-9,12,15-16H2. The van der Waals surface area contributed by atoms with Crippen molar-refractivity contribution < 1.29 is 13.2 Å². The van der Waals surface area contributed by atoms with E-state index in [0.29, 0.717) is 25.9 Å². The van der Waals surface area contributed by atoms with E-state index in [0.717, 1.165) is 28.2 Å². The number of aryl methyl sites for hydroxylation is 1. The van der Waals surface area contributed by atoms with Gasteiger partial charge in [0.15, 0.2) is 0 Å². The first kappa shape index (κ1) is 21.2. The van der Waals surface area contributed by atoms with Crippen LogP contribution in [0.3, 0.4) is 0 Å². The highest BCUT2D eigenvalue weighted by atomic mass is 32.2. The fraction of sp³-hybridized carbons (Fsp3) is 0.318. The fourth-order valence-corrected chi connectivity index (χ4v) is 5.89. The lowest BCUT2D eigenvalue weighted by Gasteiger charge is -2.21. The van der Waals surface area contributed by atoms with Crippen LogP contribution in [0.2, 0.25) is 0 Å². The van der Waals surface area contributed by atoms with Crippen molar-refractivity contribution in [1.82, 2.24) is 9.62 Å². The van der Waals surface area contributed by atoms with Crippen LogP contribution in [0.1, 0.15) is 34.6 Å². The third kappa shape index (κ3) is 5.78. The van der Waals surface area contributed by atoms with Gasteiger partial charge in [-0.1, -0.05) is 24.3 Å². The van der Waals surface area contributed by atoms with E-state index >= 15 is 0 Å². The van der Waals surface area contributed by atoms with Crippen LogP contribution in [0.5, 0.6) is 0 Å². The summed E-state index contributed by atoms with van der Waals surface area (Å²) in [5.74, 6) is 0.101. The number of rotatable bonds is 10. The van der Waals surface area contributed by atoms with E-state index in [9.17, 15) is 13.2 Å². The zero-order valence-electron chi connectivity index (χ0n) is 16.5. The second kappa shape index (κ2) is 9.43. The number of carbonyl (C=O) groups excluding carboxylic acids is 1. The molecule has 0 atom stereocenters. The summed E-state index contributed by atoms with van der Waals surface area (Å²) >= 11 is 3.31. The van der Waals surface area contributed by atoms with E-state index in [-0.39, 0.29) is 16.8 Å². The van der Waals surface area contributed by atoms with E-state index in [1.54, 1.807) is 46.9 Å². The van der Waals surface area contributed by atoms with Crippen molar-refractivity contribution in [2.24, 2.45) is 0 Å². The first-order chi connectivity index (χ1) is 14.5. The number of hydrogen-bond donors (Lipinski definition) is 1. The highest BCUT2D eigenvalue weighted by Gasteiger charge is 2.27. The van der Waals surface area contributed by atoms with Gasteiger partial charge in [0.05, 0.1) is 18.0 Å². The zero-order valence-corrected chi connectivity index (χ0v) is 18.9. The van der Waals surface area contributed by atoms with Gasteiger partial charge in [-0.05, 0) is 59.9 Å². The predicted octanol–water partition coefficient (Wildman–Crippen LogP) is 4.41. The van der Waals surface area contributed by atoms with Gasteiger partial charge in [-0.25, -0.2) is 13.1 Å². The van der Waals surface area contributed by atoms with Crippen LogP contribution in [-0.2, 0) is 34.3 Å². The van der Waals surface area contributed by atoms with Crippen LogP contribution < -0.4 is 4.72 Å². The largest absolute Gasteiger partial charge is 0.332 e. The minimum absolute atomic E-state index is 0.0879. The lowest BCUT2D eigenvalue weighted by atomic mass is 10.1. The molecule has 2 heterocycles. The summed E-state index contributed by atoms with van der Waals surface area (Å²) in [4.78, 5) is 17.5. The Morgan fingerprint density at radius 1 is 0.967 bits per heavy atom. The smallest absolute Gasteiger partial charge is 0.240 e. The maximum atomic E-state index is 13.0. The molecule has 8 heteroatoms. The number of amides is 1. The molecule has 1 saturated carbocycles. The number of sulfonamides is 1. The highest BCUT2D eigenvalue weighted by Crippen LogP contribution is 2.23. The Hall–Kier alpha value is -2.00. The van der Waals surface area contributed by atoms with Gasteiger partial charge < -0.3 is 4.90 Å². The van der Waals surface area contributed by atoms with Gasteiger partial charge in [0.2, 0.25) is 15.9 Å². The average Bonchev–Trinajstić information content (AvgIpc) is 3.18. The molecule has 1 aliphatic carbocycles. The number of nitrogens with zero attached hydrogens (tertiary/aromatic N) is 1. The van der Waals surface area contributed by atoms with Crippen molar-refractivity contribution in [3.63, 3.8) is 0 Å². The summed E-state index contributed by atoms with van der Waals surface area (Å²) < 4.78 is 27.3. The Bertz CT molecular complexity index is 1020. The third-order valence-electron chi connectivity index (χ3n) is 4.97. The Morgan fingerprint density at radius 2 is 1.57 bits per heavy atom. The van der Waals surface area contributed by atoms with Crippen LogP contribution in [0.25, 0.3) is 0 Å². The summed E-state index contributed by atoms with van der Waals surface area (Å²) in [6, 6.07) is 15.0. The molecule has 1 aromatic carbocycles. The average molecular weight is 461 g/mol. The number of hydrogen-bond acceptors (Lipinski definition) is 5. The van der Waals surface area contributed by atoms with Gasteiger partial charge in [0.25, 0.3) is 0 Å². The second-order valence-corrected chi connectivity index (χ2v) is 11.2. The number of thiophene rings is 2. The lowest BCUT2D eigenvalue weighted by Crippen LogP contribution is -2.29. The quantitative estimate of drug-likeness (QED) is 0.487. The first-order valence-corrected chi connectivity index (χ1v) is 13.2. The van der Waals surface area contributed by atoms with Gasteiger partial charge in [-0.15, -0.1) is 22.7 Å². The maximum Gasteiger partial charge on any atom is 0.240 e. The summed E-state index contributed by atoms with van der Waals surface area (Å²) in [6.45, 7) is 1.22. The molecule has 1 aliphatic rings. The molecule has 30 heavy (non-hydrogen) atoms. The van der Waals surface area contributed by atoms with Crippen molar-refractivity contribution in [1.29, 1.82) is 0 Å². The van der Waals surface area contributed by atoms with Crippen LogP contribution >= 0.6 is 22.7 Å². The minimum Gasteiger partial charge on any atom is -0.332 e. The predicted molar refractivity (Wildman–Crippen MR) is 121 cm³/mol. The molecule has 0 saturated heterocycles. The lowest BCUT2D eigenvalue weighted by molar-refractivity contribution is -0.132. The van der Waals surface area contributed by atoms with Crippen LogP contribution in [-0.4, -0.2) is 25.3 Å². The van der Waals surface area contributed by atoms with Crippen LogP contribution in [0, 0.1) is 0 Å². The summed E-state index contributed by atoms with van der Waals surface area (Å²) in [5.41, 5.74) is 0.959. The SMILES string of the molecule is O=C(CCc1ccc(S(=O)(=O)NC2CC2)cc1)N(Cc1cccs1)Cc1cccs1. The van der Waals surface area contributed by atoms with Crippen molar-refractivity contribution in [2.75, 3.05) is 0 Å². The summed E-state index contributed by atoms with van der Waals surface area (Å²) in [6.07, 6.45) is 2.80. The molecular weight excluding hydrogens is 436 g/mol. The Balaban J connectivity index is 1.37. The van der Waals surface area contributed by atoms with Gasteiger partial charge in [-0.2, -0.15) is 0 Å². The maximum absolute atomic E-state index is 13.0. The molecule has 0 unspecified atom stereocenters. The molecule has 1 amide bonds. The molecule has 0 spiro atoms. The molecule has 158 valence electrons. The molecule has 0 bridgehead atoms. The van der Waals surface area contributed by atoms with E-state index < -0.39 is 10.0 Å². The molecule has 1 N–H and O–H groups in total. The van der Waals surface area contributed by atoms with Gasteiger partial charge in [-0.3, -0.25) is 4.79 Å². The topological polar surface area (TPSA) is 66.5 Å². The Labute approximate surface area is 185 Å². The van der Waals surface area contributed by atoms with Crippen LogP contribution in [0.4, 0.5) is 0 Å². The molecule has 2 aromatic heterocycles. The normalized spacial score (nSPS) is 14.0. The Kier molecular flexibility index (Phi) is 6.67. The Morgan fingerprint density at radius 3 is 2.07 bits per heavy atom. The fourth-order valence-electron chi connectivity index (χ4n) is 3.15. The summed E-state index contributed by atoms with van der Waals surface area (Å²) in [5, 5.41) is 4.05.